The van der Waals surface area contributed by atoms with Crippen molar-refractivity contribution in [2.24, 2.45) is 11.7 Å². The Labute approximate surface area is 89.0 Å². The fourth-order valence-corrected chi connectivity index (χ4v) is 1.68. The predicted octanol–water partition coefficient (Wildman–Crippen LogP) is 1.06. The van der Waals surface area contributed by atoms with Gasteiger partial charge in [-0.25, -0.2) is 0 Å². The molecule has 2 N–H and O–H groups in total. The topological polar surface area (TPSA) is 74.2 Å². The lowest BCUT2D eigenvalue weighted by Crippen LogP contribution is -2.09. The molecule has 2 rings (SSSR count). The Balaban J connectivity index is 1.94. The monoisotopic (exact) mass is 211 g/mol. The van der Waals surface area contributed by atoms with Gasteiger partial charge in [-0.2, -0.15) is 4.98 Å². The third-order valence-corrected chi connectivity index (χ3v) is 2.74. The van der Waals surface area contributed by atoms with Crippen molar-refractivity contribution in [1.82, 2.24) is 10.1 Å². The SMILES string of the molecule is CC[C@H](N)c1nc(CC2CCOC2)no1. The van der Waals surface area contributed by atoms with Gasteiger partial charge >= 0.3 is 0 Å². The summed E-state index contributed by atoms with van der Waals surface area (Å²) in [6, 6.07) is -0.133. The van der Waals surface area contributed by atoms with Crippen LogP contribution in [0.5, 0.6) is 0 Å². The number of ether oxygens (including phenoxy) is 1. The number of nitrogens with zero attached hydrogens (tertiary/aromatic N) is 2. The Morgan fingerprint density at radius 1 is 1.60 bits per heavy atom. The first-order valence-corrected chi connectivity index (χ1v) is 5.45. The number of rotatable bonds is 4. The largest absolute Gasteiger partial charge is 0.381 e. The third kappa shape index (κ3) is 2.54. The smallest absolute Gasteiger partial charge is 0.243 e. The molecule has 0 bridgehead atoms. The minimum absolute atomic E-state index is 0.133. The molecule has 1 unspecified atom stereocenters. The Morgan fingerprint density at radius 2 is 2.47 bits per heavy atom. The molecule has 1 aromatic rings. The first kappa shape index (κ1) is 10.6. The van der Waals surface area contributed by atoms with Crippen molar-refractivity contribution in [3.8, 4) is 0 Å². The summed E-state index contributed by atoms with van der Waals surface area (Å²) in [7, 11) is 0. The summed E-state index contributed by atoms with van der Waals surface area (Å²) < 4.78 is 10.4. The van der Waals surface area contributed by atoms with Crippen molar-refractivity contribution in [2.45, 2.75) is 32.2 Å². The fraction of sp³-hybridized carbons (Fsp3) is 0.800. The van der Waals surface area contributed by atoms with Gasteiger partial charge in [0.25, 0.3) is 0 Å². The molecular weight excluding hydrogens is 194 g/mol. The van der Waals surface area contributed by atoms with Crippen LogP contribution in [0.25, 0.3) is 0 Å². The molecule has 5 nitrogen and oxygen atoms in total. The van der Waals surface area contributed by atoms with Crippen LogP contribution in [0, 0.1) is 5.92 Å². The molecule has 1 aliphatic rings. The molecule has 0 aromatic carbocycles. The number of aromatic nitrogens is 2. The highest BCUT2D eigenvalue weighted by atomic mass is 16.5. The van der Waals surface area contributed by atoms with Gasteiger partial charge < -0.3 is 15.0 Å². The summed E-state index contributed by atoms with van der Waals surface area (Å²) in [5.74, 6) is 1.84. The summed E-state index contributed by atoms with van der Waals surface area (Å²) in [5.41, 5.74) is 5.79. The van der Waals surface area contributed by atoms with Gasteiger partial charge in [0.15, 0.2) is 5.82 Å². The van der Waals surface area contributed by atoms with Gasteiger partial charge in [-0.15, -0.1) is 0 Å². The summed E-state index contributed by atoms with van der Waals surface area (Å²) >= 11 is 0. The van der Waals surface area contributed by atoms with Crippen molar-refractivity contribution < 1.29 is 9.26 Å². The zero-order chi connectivity index (χ0) is 10.7. The van der Waals surface area contributed by atoms with Crippen LogP contribution >= 0.6 is 0 Å². The Kier molecular flexibility index (Phi) is 3.33. The third-order valence-electron chi connectivity index (χ3n) is 2.74. The van der Waals surface area contributed by atoms with E-state index in [-0.39, 0.29) is 6.04 Å². The van der Waals surface area contributed by atoms with Gasteiger partial charge in [0, 0.05) is 19.6 Å². The maximum atomic E-state index is 5.79. The molecule has 5 heteroatoms. The zero-order valence-corrected chi connectivity index (χ0v) is 8.98. The number of hydrogen-bond acceptors (Lipinski definition) is 5. The molecule has 2 heterocycles. The number of hydrogen-bond donors (Lipinski definition) is 1. The molecule has 0 amide bonds. The first-order chi connectivity index (χ1) is 7.29. The van der Waals surface area contributed by atoms with Gasteiger partial charge in [0.2, 0.25) is 5.89 Å². The van der Waals surface area contributed by atoms with Crippen molar-refractivity contribution in [3.63, 3.8) is 0 Å². The molecule has 84 valence electrons. The lowest BCUT2D eigenvalue weighted by Gasteiger charge is -2.01. The minimum atomic E-state index is -0.133. The van der Waals surface area contributed by atoms with Crippen molar-refractivity contribution >= 4 is 0 Å². The average Bonchev–Trinajstić information content (AvgIpc) is 2.88. The highest BCUT2D eigenvalue weighted by Crippen LogP contribution is 2.18. The average molecular weight is 211 g/mol. The maximum Gasteiger partial charge on any atom is 0.243 e. The summed E-state index contributed by atoms with van der Waals surface area (Å²) in [4.78, 5) is 4.29. The van der Waals surface area contributed by atoms with Gasteiger partial charge in [0.05, 0.1) is 6.04 Å². The minimum Gasteiger partial charge on any atom is -0.381 e. The fourth-order valence-electron chi connectivity index (χ4n) is 1.68. The van der Waals surface area contributed by atoms with E-state index in [1.807, 2.05) is 6.92 Å². The molecule has 1 aliphatic heterocycles. The molecule has 1 fully saturated rings. The standard InChI is InChI=1S/C10H17N3O2/c1-2-8(11)10-12-9(13-15-10)5-7-3-4-14-6-7/h7-8H,2-6,11H2,1H3/t7?,8-/m0/s1. The highest BCUT2D eigenvalue weighted by Gasteiger charge is 2.20. The summed E-state index contributed by atoms with van der Waals surface area (Å²) in [5, 5.41) is 3.93. The van der Waals surface area contributed by atoms with Crippen LogP contribution in [-0.4, -0.2) is 23.4 Å². The molecule has 1 saturated heterocycles. The van der Waals surface area contributed by atoms with E-state index in [0.29, 0.717) is 11.8 Å². The Bertz CT molecular complexity index is 307. The Morgan fingerprint density at radius 3 is 3.13 bits per heavy atom. The van der Waals surface area contributed by atoms with E-state index in [1.165, 1.54) is 0 Å². The molecule has 0 aliphatic carbocycles. The van der Waals surface area contributed by atoms with E-state index in [0.717, 1.165) is 38.3 Å². The van der Waals surface area contributed by atoms with Gasteiger partial charge in [-0.05, 0) is 18.8 Å². The zero-order valence-electron chi connectivity index (χ0n) is 8.98. The quantitative estimate of drug-likeness (QED) is 0.806. The van der Waals surface area contributed by atoms with E-state index >= 15 is 0 Å². The molecule has 2 atom stereocenters. The molecule has 0 spiro atoms. The molecule has 0 saturated carbocycles. The van der Waals surface area contributed by atoms with E-state index in [9.17, 15) is 0 Å². The second-order valence-electron chi connectivity index (χ2n) is 4.00. The van der Waals surface area contributed by atoms with Crippen molar-refractivity contribution in [3.05, 3.63) is 11.7 Å². The molecule has 15 heavy (non-hydrogen) atoms. The summed E-state index contributed by atoms with van der Waals surface area (Å²) in [6.07, 6.45) is 2.73. The van der Waals surface area contributed by atoms with Crippen LogP contribution in [0.1, 0.15) is 37.5 Å². The predicted molar refractivity (Wildman–Crippen MR) is 54.1 cm³/mol. The lowest BCUT2D eigenvalue weighted by atomic mass is 10.1. The lowest BCUT2D eigenvalue weighted by molar-refractivity contribution is 0.185. The maximum absolute atomic E-state index is 5.79. The van der Waals surface area contributed by atoms with Crippen LogP contribution in [-0.2, 0) is 11.2 Å². The first-order valence-electron chi connectivity index (χ1n) is 5.45. The van der Waals surface area contributed by atoms with E-state index in [2.05, 4.69) is 10.1 Å². The van der Waals surface area contributed by atoms with Crippen LogP contribution in [0.2, 0.25) is 0 Å². The van der Waals surface area contributed by atoms with Gasteiger partial charge in [-0.3, -0.25) is 0 Å². The Hall–Kier alpha value is -0.940. The van der Waals surface area contributed by atoms with Crippen LogP contribution in [0.4, 0.5) is 0 Å². The van der Waals surface area contributed by atoms with Crippen molar-refractivity contribution in [1.29, 1.82) is 0 Å². The van der Waals surface area contributed by atoms with Gasteiger partial charge in [0.1, 0.15) is 0 Å². The molecular formula is C10H17N3O2. The second-order valence-corrected chi connectivity index (χ2v) is 4.00. The molecule has 0 radical (unpaired) electrons. The number of nitrogens with two attached hydrogens (primary N) is 1. The summed E-state index contributed by atoms with van der Waals surface area (Å²) in [6.45, 7) is 3.66. The van der Waals surface area contributed by atoms with Crippen LogP contribution in [0.3, 0.4) is 0 Å². The van der Waals surface area contributed by atoms with Gasteiger partial charge in [-0.1, -0.05) is 12.1 Å². The van der Waals surface area contributed by atoms with Crippen LogP contribution in [0.15, 0.2) is 4.52 Å². The van der Waals surface area contributed by atoms with E-state index in [4.69, 9.17) is 15.0 Å². The second kappa shape index (κ2) is 4.72. The van der Waals surface area contributed by atoms with Crippen molar-refractivity contribution in [2.75, 3.05) is 13.2 Å². The molecule has 1 aromatic heterocycles. The highest BCUT2D eigenvalue weighted by molar-refractivity contribution is 4.93. The van der Waals surface area contributed by atoms with E-state index < -0.39 is 0 Å². The normalized spacial score (nSPS) is 23.2. The van der Waals surface area contributed by atoms with E-state index in [1.54, 1.807) is 0 Å². The van der Waals surface area contributed by atoms with Crippen LogP contribution < -0.4 is 5.73 Å².